The van der Waals surface area contributed by atoms with Crippen LogP contribution in [-0.4, -0.2) is 54.0 Å². The van der Waals surface area contributed by atoms with Crippen LogP contribution in [0.5, 0.6) is 11.5 Å². The molecule has 0 unspecified atom stereocenters. The number of hydrogen-bond donors (Lipinski definition) is 1. The van der Waals surface area contributed by atoms with Gasteiger partial charge in [-0.1, -0.05) is 46.0 Å². The monoisotopic (exact) mass is 576 g/mol. The van der Waals surface area contributed by atoms with Crippen LogP contribution in [0.4, 0.5) is 5.69 Å². The van der Waals surface area contributed by atoms with Crippen LogP contribution in [0.1, 0.15) is 24.0 Å². The molecule has 0 aliphatic carbocycles. The largest absolute Gasteiger partial charge is 0.493 e. The van der Waals surface area contributed by atoms with Gasteiger partial charge >= 0.3 is 0 Å². The summed E-state index contributed by atoms with van der Waals surface area (Å²) < 4.78 is 18.3. The molecular formula is C25H25BrN2O5S2. The molecule has 2 fully saturated rings. The Hall–Kier alpha value is -2.40. The molecule has 2 saturated heterocycles. The van der Waals surface area contributed by atoms with Crippen molar-refractivity contribution in [3.05, 3.63) is 56.9 Å². The number of thioether (sulfide) groups is 1. The number of carbonyl (C=O) groups excluding carboxylic acids is 2. The van der Waals surface area contributed by atoms with Crippen molar-refractivity contribution in [1.29, 1.82) is 0 Å². The number of nitrogens with zero attached hydrogens (tertiary/aromatic N) is 1. The molecule has 2 aromatic rings. The fraction of sp³-hybridized carbons (Fsp3) is 0.320. The Labute approximate surface area is 222 Å². The molecule has 35 heavy (non-hydrogen) atoms. The average molecular weight is 578 g/mol. The predicted octanol–water partition coefficient (Wildman–Crippen LogP) is 5.16. The molecule has 2 heterocycles. The third kappa shape index (κ3) is 6.43. The molecule has 0 saturated carbocycles. The Morgan fingerprint density at radius 2 is 2.14 bits per heavy atom. The zero-order valence-electron chi connectivity index (χ0n) is 19.3. The number of ether oxygens (including phenoxy) is 3. The second-order valence-corrected chi connectivity index (χ2v) is 10.7. The number of thiocarbonyl (C=S) groups is 1. The molecule has 7 nitrogen and oxygen atoms in total. The fourth-order valence-corrected chi connectivity index (χ4v) is 5.28. The maximum atomic E-state index is 12.9. The summed E-state index contributed by atoms with van der Waals surface area (Å²) >= 11 is 10.1. The quantitative estimate of drug-likeness (QED) is 0.343. The summed E-state index contributed by atoms with van der Waals surface area (Å²) in [5, 5.41) is 2.82. The molecule has 2 aliphatic rings. The second kappa shape index (κ2) is 11.6. The van der Waals surface area contributed by atoms with Crippen LogP contribution in [0.2, 0.25) is 0 Å². The van der Waals surface area contributed by atoms with E-state index in [0.29, 0.717) is 33.0 Å². The standard InChI is InChI=1S/C25H25BrN2O5S2/c1-15-10-17(6-7-19(15)26)27-23(29)14-33-20-8-5-16(11-21(20)31-2)12-22-24(30)28(25(34)35-22)13-18-4-3-9-32-18/h5-8,10-12,18H,3-4,9,13-14H2,1-2H3,(H,27,29)/b22-12-/t18-/m1/s1. The Kier molecular flexibility index (Phi) is 8.48. The van der Waals surface area contributed by atoms with Crippen LogP contribution >= 0.6 is 39.9 Å². The van der Waals surface area contributed by atoms with Gasteiger partial charge in [0.25, 0.3) is 11.8 Å². The molecular weight excluding hydrogens is 552 g/mol. The van der Waals surface area contributed by atoms with Crippen LogP contribution in [0.15, 0.2) is 45.8 Å². The molecule has 184 valence electrons. The average Bonchev–Trinajstić information content (AvgIpc) is 3.44. The van der Waals surface area contributed by atoms with Crippen molar-refractivity contribution in [3.63, 3.8) is 0 Å². The lowest BCUT2D eigenvalue weighted by Crippen LogP contribution is -2.35. The highest BCUT2D eigenvalue weighted by Gasteiger charge is 2.34. The molecule has 2 aromatic carbocycles. The van der Waals surface area contributed by atoms with Gasteiger partial charge in [-0.25, -0.2) is 0 Å². The van der Waals surface area contributed by atoms with E-state index in [1.807, 2.05) is 25.1 Å². The summed E-state index contributed by atoms with van der Waals surface area (Å²) in [6.07, 6.45) is 3.77. The van der Waals surface area contributed by atoms with Crippen molar-refractivity contribution in [2.45, 2.75) is 25.9 Å². The lowest BCUT2D eigenvalue weighted by Gasteiger charge is -2.18. The van der Waals surface area contributed by atoms with Gasteiger partial charge in [0.1, 0.15) is 4.32 Å². The summed E-state index contributed by atoms with van der Waals surface area (Å²) in [5.41, 5.74) is 2.48. The lowest BCUT2D eigenvalue weighted by atomic mass is 10.1. The number of aryl methyl sites for hydroxylation is 1. The maximum absolute atomic E-state index is 12.9. The molecule has 2 amide bonds. The van der Waals surface area contributed by atoms with Crippen LogP contribution in [0.3, 0.4) is 0 Å². The van der Waals surface area contributed by atoms with E-state index in [2.05, 4.69) is 21.2 Å². The summed E-state index contributed by atoms with van der Waals surface area (Å²) in [7, 11) is 1.53. The molecule has 1 atom stereocenters. The minimum atomic E-state index is -0.284. The molecule has 0 radical (unpaired) electrons. The number of rotatable bonds is 8. The van der Waals surface area contributed by atoms with E-state index in [0.717, 1.165) is 35.0 Å². The lowest BCUT2D eigenvalue weighted by molar-refractivity contribution is -0.123. The van der Waals surface area contributed by atoms with E-state index in [1.165, 1.54) is 18.9 Å². The van der Waals surface area contributed by atoms with Crippen molar-refractivity contribution in [1.82, 2.24) is 4.90 Å². The van der Waals surface area contributed by atoms with Crippen molar-refractivity contribution >= 4 is 67.8 Å². The number of carbonyl (C=O) groups is 2. The van der Waals surface area contributed by atoms with Gasteiger partial charge in [0.05, 0.1) is 24.7 Å². The first-order valence-corrected chi connectivity index (χ1v) is 13.1. The van der Waals surface area contributed by atoms with E-state index in [4.69, 9.17) is 26.4 Å². The van der Waals surface area contributed by atoms with E-state index in [9.17, 15) is 9.59 Å². The predicted molar refractivity (Wildman–Crippen MR) is 145 cm³/mol. The molecule has 4 rings (SSSR count). The zero-order chi connectivity index (χ0) is 24.9. The maximum Gasteiger partial charge on any atom is 0.266 e. The highest BCUT2D eigenvalue weighted by Crippen LogP contribution is 2.35. The van der Waals surface area contributed by atoms with Gasteiger partial charge < -0.3 is 19.5 Å². The van der Waals surface area contributed by atoms with Gasteiger partial charge in [-0.05, 0) is 67.3 Å². The summed E-state index contributed by atoms with van der Waals surface area (Å²) in [4.78, 5) is 27.4. The smallest absolute Gasteiger partial charge is 0.266 e. The number of benzene rings is 2. The number of halogens is 1. The van der Waals surface area contributed by atoms with Crippen LogP contribution < -0.4 is 14.8 Å². The van der Waals surface area contributed by atoms with Gasteiger partial charge in [0.2, 0.25) is 0 Å². The Morgan fingerprint density at radius 3 is 2.86 bits per heavy atom. The highest BCUT2D eigenvalue weighted by molar-refractivity contribution is 9.10. The van der Waals surface area contributed by atoms with Crippen LogP contribution in [0, 0.1) is 6.92 Å². The first kappa shape index (κ1) is 25.7. The van der Waals surface area contributed by atoms with E-state index < -0.39 is 0 Å². The highest BCUT2D eigenvalue weighted by atomic mass is 79.9. The van der Waals surface area contributed by atoms with Gasteiger partial charge in [-0.2, -0.15) is 0 Å². The number of anilines is 1. The van der Waals surface area contributed by atoms with Crippen molar-refractivity contribution in [2.24, 2.45) is 0 Å². The Bertz CT molecular complexity index is 1180. The van der Waals surface area contributed by atoms with Crippen molar-refractivity contribution in [2.75, 3.05) is 32.2 Å². The normalized spacial score (nSPS) is 18.9. The first-order chi connectivity index (χ1) is 16.8. The van der Waals surface area contributed by atoms with Crippen molar-refractivity contribution < 1.29 is 23.8 Å². The van der Waals surface area contributed by atoms with Crippen molar-refractivity contribution in [3.8, 4) is 11.5 Å². The SMILES string of the molecule is COc1cc(/C=C2\SC(=S)N(C[C@H]3CCCO3)C2=O)ccc1OCC(=O)Nc1ccc(Br)c(C)c1. The second-order valence-electron chi connectivity index (χ2n) is 8.14. The molecule has 0 bridgehead atoms. The van der Waals surface area contributed by atoms with Gasteiger partial charge in [-0.15, -0.1) is 0 Å². The molecule has 0 aromatic heterocycles. The van der Waals surface area contributed by atoms with E-state index in [-0.39, 0.29) is 24.5 Å². The minimum Gasteiger partial charge on any atom is -0.493 e. The number of nitrogens with one attached hydrogen (secondary N) is 1. The number of amides is 2. The van der Waals surface area contributed by atoms with Gasteiger partial charge in [0, 0.05) is 16.8 Å². The number of hydrogen-bond acceptors (Lipinski definition) is 7. The summed E-state index contributed by atoms with van der Waals surface area (Å²) in [6.45, 7) is 2.99. The first-order valence-electron chi connectivity index (χ1n) is 11.1. The topological polar surface area (TPSA) is 77.1 Å². The molecule has 0 spiro atoms. The summed E-state index contributed by atoms with van der Waals surface area (Å²) in [5.74, 6) is 0.487. The third-order valence-corrected chi connectivity index (χ3v) is 7.84. The third-order valence-electron chi connectivity index (χ3n) is 5.57. The Morgan fingerprint density at radius 1 is 1.31 bits per heavy atom. The molecule has 1 N–H and O–H groups in total. The zero-order valence-corrected chi connectivity index (χ0v) is 22.6. The van der Waals surface area contributed by atoms with Gasteiger partial charge in [0.15, 0.2) is 18.1 Å². The van der Waals surface area contributed by atoms with Crippen LogP contribution in [-0.2, 0) is 14.3 Å². The van der Waals surface area contributed by atoms with Crippen LogP contribution in [0.25, 0.3) is 6.08 Å². The molecule has 2 aliphatic heterocycles. The fourth-order valence-electron chi connectivity index (χ4n) is 3.76. The van der Waals surface area contributed by atoms with E-state index in [1.54, 1.807) is 29.2 Å². The summed E-state index contributed by atoms with van der Waals surface area (Å²) in [6, 6.07) is 10.9. The minimum absolute atomic E-state index is 0.0402. The van der Waals surface area contributed by atoms with E-state index >= 15 is 0 Å². The molecule has 10 heteroatoms. The Balaban J connectivity index is 1.39. The van der Waals surface area contributed by atoms with Gasteiger partial charge in [-0.3, -0.25) is 14.5 Å². The number of methoxy groups -OCH3 is 1.